The fourth-order valence-electron chi connectivity index (χ4n) is 3.63. The number of hydrogen-bond donors (Lipinski definition) is 0. The molecule has 2 saturated heterocycles. The van der Waals surface area contributed by atoms with Gasteiger partial charge in [-0.2, -0.15) is 0 Å². The minimum absolute atomic E-state index is 0.181. The van der Waals surface area contributed by atoms with Crippen molar-refractivity contribution in [3.8, 4) is 5.75 Å². The quantitative estimate of drug-likeness (QED) is 0.849. The number of fused-ring (bicyclic) bond motifs is 1. The van der Waals surface area contributed by atoms with Crippen LogP contribution >= 0.6 is 0 Å². The van der Waals surface area contributed by atoms with Crippen LogP contribution in [0.2, 0.25) is 0 Å². The van der Waals surface area contributed by atoms with E-state index in [-0.39, 0.29) is 6.10 Å². The Bertz CT molecular complexity index is 602. The van der Waals surface area contributed by atoms with Crippen LogP contribution in [0.25, 0.3) is 0 Å². The predicted octanol–water partition coefficient (Wildman–Crippen LogP) is 2.88. The van der Waals surface area contributed by atoms with E-state index in [0.717, 1.165) is 43.9 Å². The van der Waals surface area contributed by atoms with Crippen LogP contribution in [0.15, 0.2) is 47.3 Å². The Kier molecular flexibility index (Phi) is 4.30. The average molecular weight is 314 g/mol. The molecule has 4 heterocycles. The lowest BCUT2D eigenvalue weighted by molar-refractivity contribution is -0.0845. The minimum Gasteiger partial charge on any atom is -0.489 e. The summed E-state index contributed by atoms with van der Waals surface area (Å²) in [7, 11) is 0. The molecule has 5 heteroatoms. The maximum Gasteiger partial charge on any atom is 0.137 e. The summed E-state index contributed by atoms with van der Waals surface area (Å²) in [6, 6.07) is 8.32. The summed E-state index contributed by atoms with van der Waals surface area (Å²) in [6.07, 6.45) is 9.03. The van der Waals surface area contributed by atoms with Gasteiger partial charge in [0.2, 0.25) is 0 Å². The van der Waals surface area contributed by atoms with E-state index in [1.54, 1.807) is 18.7 Å². The molecule has 2 aliphatic rings. The highest BCUT2D eigenvalue weighted by molar-refractivity contribution is 5.15. The van der Waals surface area contributed by atoms with Crippen molar-refractivity contribution in [2.75, 3.05) is 13.2 Å². The first-order valence-electron chi connectivity index (χ1n) is 8.33. The molecule has 0 radical (unpaired) electrons. The summed E-state index contributed by atoms with van der Waals surface area (Å²) < 4.78 is 17.5. The number of furan rings is 1. The van der Waals surface area contributed by atoms with Crippen LogP contribution in [0.1, 0.15) is 25.0 Å². The molecule has 0 bridgehead atoms. The Morgan fingerprint density at radius 3 is 3.04 bits per heavy atom. The third-order valence-corrected chi connectivity index (χ3v) is 4.76. The van der Waals surface area contributed by atoms with Crippen molar-refractivity contribution in [3.05, 3.63) is 48.7 Å². The standard InChI is InChI=1S/C18H22N2O3/c1-3-14(11-19-8-1)22-13-16-5-6-17-18(23-16)7-9-20(17)12-15-4-2-10-21-15/h1-4,8,10-11,16-18H,5-7,9,12-13H2/t16-,17+,18+/m1/s1. The van der Waals surface area contributed by atoms with Gasteiger partial charge >= 0.3 is 0 Å². The number of hydrogen-bond acceptors (Lipinski definition) is 5. The molecule has 0 aromatic carbocycles. The number of aromatic nitrogens is 1. The third-order valence-electron chi connectivity index (χ3n) is 4.76. The zero-order chi connectivity index (χ0) is 15.5. The lowest BCUT2D eigenvalue weighted by atomic mass is 9.99. The van der Waals surface area contributed by atoms with Crippen LogP contribution in [0, 0.1) is 0 Å². The van der Waals surface area contributed by atoms with Gasteiger partial charge in [0.05, 0.1) is 31.2 Å². The van der Waals surface area contributed by atoms with E-state index in [1.165, 1.54) is 0 Å². The third kappa shape index (κ3) is 3.41. The highest BCUT2D eigenvalue weighted by Crippen LogP contribution is 2.32. The summed E-state index contributed by atoms with van der Waals surface area (Å²) in [5, 5.41) is 0. The van der Waals surface area contributed by atoms with Crippen molar-refractivity contribution in [2.24, 2.45) is 0 Å². The first-order valence-corrected chi connectivity index (χ1v) is 8.33. The van der Waals surface area contributed by atoms with Gasteiger partial charge in [-0.1, -0.05) is 0 Å². The van der Waals surface area contributed by atoms with Crippen LogP contribution in [0.4, 0.5) is 0 Å². The fraction of sp³-hybridized carbons (Fsp3) is 0.500. The topological polar surface area (TPSA) is 47.7 Å². The SMILES string of the molecule is c1cncc(OC[C@H]2CC[C@H]3[C@H](CCN3Cc3ccco3)O2)c1. The molecule has 23 heavy (non-hydrogen) atoms. The summed E-state index contributed by atoms with van der Waals surface area (Å²) in [4.78, 5) is 6.55. The second-order valence-corrected chi connectivity index (χ2v) is 6.28. The number of ether oxygens (including phenoxy) is 2. The Hall–Kier alpha value is -1.85. The highest BCUT2D eigenvalue weighted by atomic mass is 16.5. The van der Waals surface area contributed by atoms with E-state index >= 15 is 0 Å². The largest absolute Gasteiger partial charge is 0.489 e. The molecule has 0 amide bonds. The molecule has 5 nitrogen and oxygen atoms in total. The predicted molar refractivity (Wildman–Crippen MR) is 85.2 cm³/mol. The van der Waals surface area contributed by atoms with Crippen molar-refractivity contribution in [3.63, 3.8) is 0 Å². The van der Waals surface area contributed by atoms with Gasteiger partial charge < -0.3 is 13.9 Å². The van der Waals surface area contributed by atoms with Crippen molar-refractivity contribution in [1.29, 1.82) is 0 Å². The molecule has 2 aromatic heterocycles. The molecular formula is C18H22N2O3. The van der Waals surface area contributed by atoms with Crippen LogP contribution in [0.5, 0.6) is 5.75 Å². The zero-order valence-electron chi connectivity index (χ0n) is 13.1. The summed E-state index contributed by atoms with van der Waals surface area (Å²) in [5.74, 6) is 1.84. The van der Waals surface area contributed by atoms with Crippen LogP contribution in [-0.4, -0.2) is 41.3 Å². The molecule has 0 spiro atoms. The van der Waals surface area contributed by atoms with E-state index in [9.17, 15) is 0 Å². The van der Waals surface area contributed by atoms with Gasteiger partial charge in [-0.25, -0.2) is 0 Å². The van der Waals surface area contributed by atoms with Crippen LogP contribution in [0.3, 0.4) is 0 Å². The van der Waals surface area contributed by atoms with E-state index in [4.69, 9.17) is 13.9 Å². The monoisotopic (exact) mass is 314 g/mol. The first kappa shape index (κ1) is 14.7. The smallest absolute Gasteiger partial charge is 0.137 e. The van der Waals surface area contributed by atoms with Crippen LogP contribution in [-0.2, 0) is 11.3 Å². The van der Waals surface area contributed by atoms with E-state index in [0.29, 0.717) is 18.8 Å². The minimum atomic E-state index is 0.181. The summed E-state index contributed by atoms with van der Waals surface area (Å²) in [5.41, 5.74) is 0. The summed E-state index contributed by atoms with van der Waals surface area (Å²) in [6.45, 7) is 2.56. The lowest BCUT2D eigenvalue weighted by Crippen LogP contribution is -2.43. The van der Waals surface area contributed by atoms with Gasteiger partial charge in [0.1, 0.15) is 18.1 Å². The van der Waals surface area contributed by atoms with Crippen molar-refractivity contribution < 1.29 is 13.9 Å². The molecular weight excluding hydrogens is 292 g/mol. The molecule has 0 aliphatic carbocycles. The zero-order valence-corrected chi connectivity index (χ0v) is 13.1. The lowest BCUT2D eigenvalue weighted by Gasteiger charge is -2.35. The molecule has 0 unspecified atom stereocenters. The number of pyridine rings is 1. The van der Waals surface area contributed by atoms with E-state index in [2.05, 4.69) is 9.88 Å². The molecule has 2 aliphatic heterocycles. The molecule has 0 saturated carbocycles. The van der Waals surface area contributed by atoms with Crippen molar-refractivity contribution >= 4 is 0 Å². The molecule has 3 atom stereocenters. The Morgan fingerprint density at radius 1 is 1.22 bits per heavy atom. The maximum atomic E-state index is 6.26. The van der Waals surface area contributed by atoms with E-state index < -0.39 is 0 Å². The molecule has 0 N–H and O–H groups in total. The van der Waals surface area contributed by atoms with Gasteiger partial charge in [0.25, 0.3) is 0 Å². The Morgan fingerprint density at radius 2 is 2.22 bits per heavy atom. The van der Waals surface area contributed by atoms with Gasteiger partial charge in [-0.15, -0.1) is 0 Å². The van der Waals surface area contributed by atoms with Crippen LogP contribution < -0.4 is 4.74 Å². The second-order valence-electron chi connectivity index (χ2n) is 6.28. The van der Waals surface area contributed by atoms with Gasteiger partial charge in [0, 0.05) is 18.8 Å². The number of rotatable bonds is 5. The fourth-order valence-corrected chi connectivity index (χ4v) is 3.63. The first-order chi connectivity index (χ1) is 11.4. The average Bonchev–Trinajstić information content (AvgIpc) is 3.24. The van der Waals surface area contributed by atoms with E-state index in [1.807, 2.05) is 24.3 Å². The normalized spacial score (nSPS) is 27.7. The van der Waals surface area contributed by atoms with Gasteiger partial charge in [0.15, 0.2) is 0 Å². The second kappa shape index (κ2) is 6.72. The molecule has 4 rings (SSSR count). The number of nitrogens with zero attached hydrogens (tertiary/aromatic N) is 2. The highest BCUT2D eigenvalue weighted by Gasteiger charge is 2.40. The van der Waals surface area contributed by atoms with Gasteiger partial charge in [-0.05, 0) is 43.5 Å². The van der Waals surface area contributed by atoms with Crippen molar-refractivity contribution in [2.45, 2.75) is 44.1 Å². The molecule has 122 valence electrons. The Balaban J connectivity index is 1.29. The molecule has 2 aromatic rings. The van der Waals surface area contributed by atoms with Crippen molar-refractivity contribution in [1.82, 2.24) is 9.88 Å². The maximum absolute atomic E-state index is 6.26. The summed E-state index contributed by atoms with van der Waals surface area (Å²) >= 11 is 0. The molecule has 2 fully saturated rings. The van der Waals surface area contributed by atoms with Gasteiger partial charge in [-0.3, -0.25) is 9.88 Å². The number of likely N-dealkylation sites (tertiary alicyclic amines) is 1. The Labute approximate surface area is 136 Å².